The van der Waals surface area contributed by atoms with E-state index in [0.717, 1.165) is 6.07 Å². The van der Waals surface area contributed by atoms with Gasteiger partial charge >= 0.3 is 0 Å². The van der Waals surface area contributed by atoms with Crippen molar-refractivity contribution in [2.75, 3.05) is 32.8 Å². The summed E-state index contributed by atoms with van der Waals surface area (Å²) in [7, 11) is 0. The van der Waals surface area contributed by atoms with Crippen LogP contribution in [0.2, 0.25) is 10.0 Å². The molecule has 0 aliphatic carbocycles. The highest BCUT2D eigenvalue weighted by Gasteiger charge is 2.27. The van der Waals surface area contributed by atoms with Crippen molar-refractivity contribution in [3.05, 3.63) is 57.5 Å². The number of hydrogen-bond donors (Lipinski definition) is 0. The molecule has 1 aliphatic heterocycles. The number of nitrogens with zero attached hydrogens (tertiary/aromatic N) is 3. The van der Waals surface area contributed by atoms with Crippen LogP contribution in [0.4, 0.5) is 4.39 Å². The third-order valence-electron chi connectivity index (χ3n) is 4.35. The van der Waals surface area contributed by atoms with E-state index in [9.17, 15) is 14.0 Å². The highest BCUT2D eigenvalue weighted by Crippen LogP contribution is 2.23. The normalized spacial score (nSPS) is 14.1. The Morgan fingerprint density at radius 1 is 1.11 bits per heavy atom. The Labute approximate surface area is 171 Å². The molecule has 3 rings (SSSR count). The van der Waals surface area contributed by atoms with Gasteiger partial charge in [-0.2, -0.15) is 0 Å². The predicted octanol–water partition coefficient (Wildman–Crippen LogP) is 3.52. The van der Waals surface area contributed by atoms with Gasteiger partial charge in [0.15, 0.2) is 0 Å². The Morgan fingerprint density at radius 3 is 2.36 bits per heavy atom. The van der Waals surface area contributed by atoms with Crippen LogP contribution in [0, 0.1) is 5.82 Å². The molecule has 2 heterocycles. The minimum absolute atomic E-state index is 0.0743. The quantitative estimate of drug-likeness (QED) is 0.751. The van der Waals surface area contributed by atoms with E-state index in [1.54, 1.807) is 4.90 Å². The first-order valence-corrected chi connectivity index (χ1v) is 9.48. The van der Waals surface area contributed by atoms with Crippen molar-refractivity contribution in [3.8, 4) is 5.88 Å². The molecule has 0 radical (unpaired) electrons. The Kier molecular flexibility index (Phi) is 6.36. The molecule has 1 aromatic heterocycles. The molecule has 9 heteroatoms. The lowest BCUT2D eigenvalue weighted by molar-refractivity contribution is 0.0532. The van der Waals surface area contributed by atoms with Gasteiger partial charge < -0.3 is 14.5 Å². The summed E-state index contributed by atoms with van der Waals surface area (Å²) in [6, 6.07) is 5.38. The second-order valence-corrected chi connectivity index (χ2v) is 7.00. The van der Waals surface area contributed by atoms with Crippen molar-refractivity contribution >= 4 is 35.0 Å². The number of pyridine rings is 1. The maximum atomic E-state index is 13.9. The van der Waals surface area contributed by atoms with Crippen LogP contribution in [0.3, 0.4) is 0 Å². The van der Waals surface area contributed by atoms with E-state index in [1.807, 2.05) is 6.92 Å². The van der Waals surface area contributed by atoms with Gasteiger partial charge in [0.2, 0.25) is 5.88 Å². The van der Waals surface area contributed by atoms with Crippen LogP contribution in [-0.2, 0) is 0 Å². The van der Waals surface area contributed by atoms with E-state index in [2.05, 4.69) is 4.98 Å². The molecule has 28 heavy (non-hydrogen) atoms. The summed E-state index contributed by atoms with van der Waals surface area (Å²) >= 11 is 12.0. The van der Waals surface area contributed by atoms with Crippen LogP contribution in [0.15, 0.2) is 30.5 Å². The zero-order valence-corrected chi connectivity index (χ0v) is 16.6. The second-order valence-electron chi connectivity index (χ2n) is 6.15. The van der Waals surface area contributed by atoms with Gasteiger partial charge in [0.05, 0.1) is 17.7 Å². The summed E-state index contributed by atoms with van der Waals surface area (Å²) in [5, 5.41) is 0.552. The van der Waals surface area contributed by atoms with E-state index in [-0.39, 0.29) is 35.5 Å². The lowest BCUT2D eigenvalue weighted by Crippen LogP contribution is -2.50. The van der Waals surface area contributed by atoms with Crippen LogP contribution in [0.25, 0.3) is 0 Å². The predicted molar refractivity (Wildman–Crippen MR) is 104 cm³/mol. The summed E-state index contributed by atoms with van der Waals surface area (Å²) in [4.78, 5) is 32.4. The topological polar surface area (TPSA) is 62.7 Å². The molecule has 1 saturated heterocycles. The van der Waals surface area contributed by atoms with Gasteiger partial charge in [0.25, 0.3) is 11.8 Å². The first-order valence-electron chi connectivity index (χ1n) is 8.72. The lowest BCUT2D eigenvalue weighted by atomic mass is 10.1. The van der Waals surface area contributed by atoms with E-state index < -0.39 is 11.7 Å². The first kappa shape index (κ1) is 20.4. The van der Waals surface area contributed by atoms with Crippen molar-refractivity contribution in [1.82, 2.24) is 14.8 Å². The zero-order chi connectivity index (χ0) is 20.3. The fourth-order valence-corrected chi connectivity index (χ4v) is 3.31. The summed E-state index contributed by atoms with van der Waals surface area (Å²) in [6.07, 6.45) is 1.41. The minimum Gasteiger partial charge on any atom is -0.477 e. The Balaban J connectivity index is 1.65. The summed E-state index contributed by atoms with van der Waals surface area (Å²) in [5.74, 6) is -1.03. The van der Waals surface area contributed by atoms with Gasteiger partial charge in [-0.3, -0.25) is 9.59 Å². The van der Waals surface area contributed by atoms with Crippen LogP contribution >= 0.6 is 23.2 Å². The van der Waals surface area contributed by atoms with Crippen molar-refractivity contribution in [3.63, 3.8) is 0 Å². The van der Waals surface area contributed by atoms with Crippen molar-refractivity contribution in [2.24, 2.45) is 0 Å². The monoisotopic (exact) mass is 425 g/mol. The average molecular weight is 426 g/mol. The summed E-state index contributed by atoms with van der Waals surface area (Å²) in [5.41, 5.74) is 0.267. The number of carbonyl (C=O) groups is 2. The van der Waals surface area contributed by atoms with Gasteiger partial charge in [0.1, 0.15) is 10.8 Å². The smallest absolute Gasteiger partial charge is 0.257 e. The van der Waals surface area contributed by atoms with E-state index in [0.29, 0.717) is 30.3 Å². The van der Waals surface area contributed by atoms with Crippen molar-refractivity contribution in [1.29, 1.82) is 0 Å². The molecular weight excluding hydrogens is 408 g/mol. The molecule has 0 saturated carbocycles. The average Bonchev–Trinajstić information content (AvgIpc) is 2.70. The number of ether oxygens (including phenoxy) is 1. The molecule has 1 aromatic carbocycles. The molecular formula is C19H18Cl2FN3O3. The number of benzene rings is 1. The second kappa shape index (κ2) is 8.75. The van der Waals surface area contributed by atoms with Crippen LogP contribution < -0.4 is 4.74 Å². The summed E-state index contributed by atoms with van der Waals surface area (Å²) < 4.78 is 19.2. The van der Waals surface area contributed by atoms with Crippen LogP contribution in [-0.4, -0.2) is 59.4 Å². The third kappa shape index (κ3) is 4.36. The van der Waals surface area contributed by atoms with E-state index in [1.165, 1.54) is 29.3 Å². The molecule has 0 spiro atoms. The number of aromatic nitrogens is 1. The van der Waals surface area contributed by atoms with Gasteiger partial charge in [-0.25, -0.2) is 9.37 Å². The molecule has 0 N–H and O–H groups in total. The Hall–Kier alpha value is -2.38. The Morgan fingerprint density at radius 2 is 1.75 bits per heavy atom. The highest BCUT2D eigenvalue weighted by atomic mass is 35.5. The number of halogens is 3. The largest absolute Gasteiger partial charge is 0.477 e. The third-order valence-corrected chi connectivity index (χ3v) is 4.85. The lowest BCUT2D eigenvalue weighted by Gasteiger charge is -2.35. The maximum Gasteiger partial charge on any atom is 0.257 e. The number of carbonyl (C=O) groups excluding carboxylic acids is 2. The standard InChI is InChI=1S/C19H18Cl2FN3O3/c1-2-28-17-15(21)9-12(11-23-17)18(26)24-5-7-25(8-6-24)19(27)14-10-13(20)3-4-16(14)22/h3-4,9-11H,2,5-8H2,1H3. The molecule has 1 aliphatic rings. The zero-order valence-electron chi connectivity index (χ0n) is 15.1. The molecule has 1 fully saturated rings. The van der Waals surface area contributed by atoms with Gasteiger partial charge in [0, 0.05) is 37.4 Å². The van der Waals surface area contributed by atoms with Crippen molar-refractivity contribution < 1.29 is 18.7 Å². The molecule has 0 atom stereocenters. The SMILES string of the molecule is CCOc1ncc(C(=O)N2CCN(C(=O)c3cc(Cl)ccc3F)CC2)cc1Cl. The molecule has 2 amide bonds. The number of rotatable bonds is 4. The Bertz CT molecular complexity index is 902. The number of hydrogen-bond acceptors (Lipinski definition) is 4. The minimum atomic E-state index is -0.622. The fourth-order valence-electron chi connectivity index (χ4n) is 2.91. The maximum absolute atomic E-state index is 13.9. The fraction of sp³-hybridized carbons (Fsp3) is 0.316. The van der Waals surface area contributed by atoms with Crippen molar-refractivity contribution in [2.45, 2.75) is 6.92 Å². The number of piperazine rings is 1. The molecule has 0 bridgehead atoms. The van der Waals surface area contributed by atoms with Crippen LogP contribution in [0.1, 0.15) is 27.6 Å². The molecule has 148 valence electrons. The molecule has 6 nitrogen and oxygen atoms in total. The van der Waals surface area contributed by atoms with Crippen LogP contribution in [0.5, 0.6) is 5.88 Å². The highest BCUT2D eigenvalue weighted by molar-refractivity contribution is 6.32. The molecule has 2 aromatic rings. The van der Waals surface area contributed by atoms with Gasteiger partial charge in [-0.1, -0.05) is 23.2 Å². The van der Waals surface area contributed by atoms with Gasteiger partial charge in [-0.15, -0.1) is 0 Å². The molecule has 0 unspecified atom stereocenters. The van der Waals surface area contributed by atoms with E-state index in [4.69, 9.17) is 27.9 Å². The first-order chi connectivity index (χ1) is 13.4. The number of amides is 2. The summed E-state index contributed by atoms with van der Waals surface area (Å²) in [6.45, 7) is 3.44. The van der Waals surface area contributed by atoms with E-state index >= 15 is 0 Å². The van der Waals surface area contributed by atoms with Gasteiger partial charge in [-0.05, 0) is 31.2 Å².